The number of aliphatic carboxylic acids is 1. The molecule has 0 aliphatic carbocycles. The second-order valence-electron chi connectivity index (χ2n) is 8.67. The third kappa shape index (κ3) is 6.30. The van der Waals surface area contributed by atoms with E-state index < -0.39 is 34.3 Å². The number of nitrogens with two attached hydrogens (primary N) is 2. The van der Waals surface area contributed by atoms with Crippen molar-refractivity contribution in [2.75, 3.05) is 6.61 Å². The minimum atomic E-state index is -4.12. The third-order valence-electron chi connectivity index (χ3n) is 5.75. The summed E-state index contributed by atoms with van der Waals surface area (Å²) in [5, 5.41) is 13.9. The molecule has 7 N–H and O–H groups in total. The van der Waals surface area contributed by atoms with Crippen molar-refractivity contribution in [1.82, 2.24) is 10.0 Å². The van der Waals surface area contributed by atoms with E-state index in [1.807, 2.05) is 12.1 Å². The smallest absolute Gasteiger partial charge is 0.322 e. The molecule has 38 heavy (non-hydrogen) atoms. The summed E-state index contributed by atoms with van der Waals surface area (Å²) in [6.45, 7) is 1.31. The molecule has 0 saturated carbocycles. The average Bonchev–Trinajstić information content (AvgIpc) is 2.86. The van der Waals surface area contributed by atoms with Gasteiger partial charge in [0, 0.05) is 6.92 Å². The number of carbonyl (C=O) groups excluding carboxylic acids is 1. The molecule has 1 amide bonds. The van der Waals surface area contributed by atoms with Gasteiger partial charge in [-0.15, -0.1) is 0 Å². The number of nitrogens with one attached hydrogen (secondary N) is 2. The van der Waals surface area contributed by atoms with Gasteiger partial charge in [0.2, 0.25) is 15.9 Å². The first kappa shape index (κ1) is 26.7. The molecule has 12 nitrogen and oxygen atoms in total. The number of sulfonamides is 1. The molecule has 1 heterocycles. The van der Waals surface area contributed by atoms with Crippen molar-refractivity contribution in [2.24, 2.45) is 16.5 Å². The molecule has 3 aromatic rings. The topological polar surface area (TPSA) is 195 Å². The Morgan fingerprint density at radius 1 is 1.08 bits per heavy atom. The van der Waals surface area contributed by atoms with Crippen molar-refractivity contribution in [2.45, 2.75) is 36.6 Å². The number of carboxylic acid groups (broad SMARTS) is 1. The van der Waals surface area contributed by atoms with Crippen LogP contribution in [-0.2, 0) is 26.0 Å². The van der Waals surface area contributed by atoms with E-state index in [4.69, 9.17) is 20.9 Å². The number of carboxylic acids is 1. The number of nitrogens with zero attached hydrogens (tertiary/aromatic N) is 1. The number of hydrogen-bond acceptors (Lipinski definition) is 7. The SMILES string of the molecule is CC(=O)NC(N=C(N)N)C1COc2cc(C[C@H](NS(=O)(=O)c3ccc4ccccc4c3)C(=O)O)ccc2O1. The zero-order valence-corrected chi connectivity index (χ0v) is 21.1. The monoisotopic (exact) mass is 541 g/mol. The number of hydrogen-bond donors (Lipinski definition) is 5. The molecule has 2 unspecified atom stereocenters. The van der Waals surface area contributed by atoms with Crippen LogP contribution in [0.5, 0.6) is 11.5 Å². The van der Waals surface area contributed by atoms with Gasteiger partial charge in [0.15, 0.2) is 29.7 Å². The van der Waals surface area contributed by atoms with Crippen molar-refractivity contribution in [3.8, 4) is 11.5 Å². The first-order valence-electron chi connectivity index (χ1n) is 11.5. The first-order chi connectivity index (χ1) is 18.0. The lowest BCUT2D eigenvalue weighted by atomic mass is 10.1. The van der Waals surface area contributed by atoms with E-state index in [1.54, 1.807) is 36.4 Å². The minimum Gasteiger partial charge on any atom is -0.486 e. The van der Waals surface area contributed by atoms with Gasteiger partial charge in [0.05, 0.1) is 4.90 Å². The molecule has 4 rings (SSSR count). The number of benzene rings is 3. The van der Waals surface area contributed by atoms with Gasteiger partial charge in [-0.1, -0.05) is 36.4 Å². The van der Waals surface area contributed by atoms with Crippen LogP contribution in [0.25, 0.3) is 10.8 Å². The maximum absolute atomic E-state index is 13.0. The number of ether oxygens (including phenoxy) is 2. The molecule has 0 radical (unpaired) electrons. The van der Waals surface area contributed by atoms with Crippen molar-refractivity contribution < 1.29 is 32.6 Å². The number of rotatable bonds is 9. The van der Waals surface area contributed by atoms with Gasteiger partial charge in [0.1, 0.15) is 12.6 Å². The summed E-state index contributed by atoms with van der Waals surface area (Å²) in [6, 6.07) is 15.1. The lowest BCUT2D eigenvalue weighted by molar-refractivity contribution is -0.139. The van der Waals surface area contributed by atoms with Crippen LogP contribution in [0.4, 0.5) is 0 Å². The van der Waals surface area contributed by atoms with Crippen LogP contribution in [-0.4, -0.2) is 56.3 Å². The van der Waals surface area contributed by atoms with E-state index >= 15 is 0 Å². The van der Waals surface area contributed by atoms with Gasteiger partial charge in [-0.25, -0.2) is 13.4 Å². The highest BCUT2D eigenvalue weighted by Gasteiger charge is 2.31. The first-order valence-corrected chi connectivity index (χ1v) is 13.0. The predicted molar refractivity (Wildman–Crippen MR) is 139 cm³/mol. The Kier molecular flexibility index (Phi) is 7.69. The summed E-state index contributed by atoms with van der Waals surface area (Å²) in [6.07, 6.45) is -1.75. The zero-order valence-electron chi connectivity index (χ0n) is 20.3. The highest BCUT2D eigenvalue weighted by Crippen LogP contribution is 2.34. The van der Waals surface area contributed by atoms with Crippen molar-refractivity contribution >= 4 is 38.6 Å². The standard InChI is InChI=1S/C25H27N5O7S/c1-14(31)28-23(29-25(26)27)22-13-36-21-11-15(6-9-20(21)37-22)10-19(24(32)33)30-38(34,35)18-8-7-16-4-2-3-5-17(16)12-18/h2-9,11-12,19,22-23,30H,10,13H2,1H3,(H,28,31)(H,32,33)(H4,26,27,29)/t19-,22?,23?/m0/s1. The van der Waals surface area contributed by atoms with Gasteiger partial charge in [-0.2, -0.15) is 4.72 Å². The van der Waals surface area contributed by atoms with E-state index in [-0.39, 0.29) is 29.8 Å². The van der Waals surface area contributed by atoms with E-state index in [0.717, 1.165) is 5.39 Å². The molecule has 0 fully saturated rings. The molecular weight excluding hydrogens is 514 g/mol. The van der Waals surface area contributed by atoms with E-state index in [1.165, 1.54) is 19.1 Å². The maximum atomic E-state index is 13.0. The highest BCUT2D eigenvalue weighted by molar-refractivity contribution is 7.89. The van der Waals surface area contributed by atoms with Crippen LogP contribution in [0.2, 0.25) is 0 Å². The predicted octanol–water partition coefficient (Wildman–Crippen LogP) is 0.689. The summed E-state index contributed by atoms with van der Waals surface area (Å²) in [7, 11) is -4.12. The van der Waals surface area contributed by atoms with Crippen LogP contribution in [0.15, 0.2) is 70.6 Å². The van der Waals surface area contributed by atoms with Gasteiger partial charge < -0.3 is 31.4 Å². The van der Waals surface area contributed by atoms with Crippen molar-refractivity contribution in [3.05, 3.63) is 66.2 Å². The van der Waals surface area contributed by atoms with E-state index in [0.29, 0.717) is 22.4 Å². The van der Waals surface area contributed by atoms with Crippen LogP contribution in [0.1, 0.15) is 12.5 Å². The number of fused-ring (bicyclic) bond motifs is 2. The Morgan fingerprint density at radius 2 is 1.82 bits per heavy atom. The Morgan fingerprint density at radius 3 is 2.50 bits per heavy atom. The third-order valence-corrected chi connectivity index (χ3v) is 7.22. The van der Waals surface area contributed by atoms with Gasteiger partial charge in [0.25, 0.3) is 0 Å². The van der Waals surface area contributed by atoms with Crippen LogP contribution in [0, 0.1) is 0 Å². The molecule has 200 valence electrons. The number of amides is 1. The largest absolute Gasteiger partial charge is 0.486 e. The van der Waals surface area contributed by atoms with E-state index in [2.05, 4.69) is 15.0 Å². The summed E-state index contributed by atoms with van der Waals surface area (Å²) >= 11 is 0. The summed E-state index contributed by atoms with van der Waals surface area (Å²) in [5.74, 6) is -1.28. The Hall–Kier alpha value is -4.36. The zero-order chi connectivity index (χ0) is 27.4. The van der Waals surface area contributed by atoms with Crippen molar-refractivity contribution in [3.63, 3.8) is 0 Å². The van der Waals surface area contributed by atoms with Crippen LogP contribution < -0.4 is 31.0 Å². The normalized spacial score (nSPS) is 16.3. The Labute approximate surface area is 218 Å². The van der Waals surface area contributed by atoms with Crippen molar-refractivity contribution in [1.29, 1.82) is 0 Å². The minimum absolute atomic E-state index is 0.00483. The molecule has 13 heteroatoms. The van der Waals surface area contributed by atoms with Gasteiger partial charge in [-0.05, 0) is 47.0 Å². The molecule has 1 aliphatic rings. The van der Waals surface area contributed by atoms with Gasteiger partial charge in [-0.3, -0.25) is 9.59 Å². The number of guanidine groups is 1. The second kappa shape index (κ2) is 10.9. The fraction of sp³-hybridized carbons (Fsp3) is 0.240. The number of carbonyl (C=O) groups is 2. The molecule has 3 aromatic carbocycles. The van der Waals surface area contributed by atoms with E-state index in [9.17, 15) is 23.1 Å². The highest BCUT2D eigenvalue weighted by atomic mass is 32.2. The summed E-state index contributed by atoms with van der Waals surface area (Å²) in [4.78, 5) is 27.4. The van der Waals surface area contributed by atoms with Crippen LogP contribution in [0.3, 0.4) is 0 Å². The Balaban J connectivity index is 1.50. The number of aliphatic imine (C=N–C) groups is 1. The second-order valence-corrected chi connectivity index (χ2v) is 10.4. The lowest BCUT2D eigenvalue weighted by Gasteiger charge is -2.31. The molecule has 0 bridgehead atoms. The molecule has 0 saturated heterocycles. The fourth-order valence-electron chi connectivity index (χ4n) is 4.00. The quantitative estimate of drug-likeness (QED) is 0.191. The fourth-order valence-corrected chi connectivity index (χ4v) is 5.22. The molecule has 0 aromatic heterocycles. The maximum Gasteiger partial charge on any atom is 0.322 e. The summed E-state index contributed by atoms with van der Waals surface area (Å²) < 4.78 is 39.9. The van der Waals surface area contributed by atoms with Crippen LogP contribution >= 0.6 is 0 Å². The molecule has 3 atom stereocenters. The molecule has 1 aliphatic heterocycles. The summed E-state index contributed by atoms with van der Waals surface area (Å²) in [5.41, 5.74) is 11.4. The average molecular weight is 542 g/mol. The van der Waals surface area contributed by atoms with Gasteiger partial charge >= 0.3 is 5.97 Å². The lowest BCUT2D eigenvalue weighted by Crippen LogP contribution is -2.49. The molecule has 0 spiro atoms. The Bertz CT molecular complexity index is 1500. The molecular formula is C25H27N5O7S.